The van der Waals surface area contributed by atoms with Crippen LogP contribution in [0, 0.1) is 12.7 Å². The molecule has 18 heavy (non-hydrogen) atoms. The third-order valence-electron chi connectivity index (χ3n) is 3.36. The number of nitrogens with one attached hydrogen (secondary N) is 1. The quantitative estimate of drug-likeness (QED) is 0.797. The average molecular weight is 262 g/mol. The molecule has 0 fully saturated rings. The van der Waals surface area contributed by atoms with E-state index in [2.05, 4.69) is 36.5 Å². The van der Waals surface area contributed by atoms with Crippen LogP contribution in [0.4, 0.5) is 10.1 Å². The van der Waals surface area contributed by atoms with Crippen LogP contribution >= 0.6 is 11.6 Å². The molecule has 1 heterocycles. The summed E-state index contributed by atoms with van der Waals surface area (Å²) in [7, 11) is 0. The summed E-state index contributed by atoms with van der Waals surface area (Å²) in [6.07, 6.45) is 0.774. The molecule has 3 heteroatoms. The number of rotatable bonds is 1. The Morgan fingerprint density at radius 2 is 1.94 bits per heavy atom. The fourth-order valence-corrected chi connectivity index (χ4v) is 2.62. The van der Waals surface area contributed by atoms with Crippen LogP contribution in [0.3, 0.4) is 0 Å². The number of benzene rings is 2. The average Bonchev–Trinajstić information content (AvgIpc) is 2.74. The Morgan fingerprint density at radius 1 is 1.22 bits per heavy atom. The van der Waals surface area contributed by atoms with Crippen molar-refractivity contribution in [1.29, 1.82) is 0 Å². The normalized spacial score (nSPS) is 17.4. The highest BCUT2D eigenvalue weighted by molar-refractivity contribution is 6.30. The van der Waals surface area contributed by atoms with Crippen LogP contribution in [0.25, 0.3) is 0 Å². The Bertz CT molecular complexity index is 592. The van der Waals surface area contributed by atoms with E-state index in [1.807, 2.05) is 6.07 Å². The van der Waals surface area contributed by atoms with Gasteiger partial charge in [0.25, 0.3) is 0 Å². The second-order valence-corrected chi connectivity index (χ2v) is 5.17. The van der Waals surface area contributed by atoms with Gasteiger partial charge in [0.05, 0.1) is 11.7 Å². The molecular formula is C15H13ClFN. The first-order valence-electron chi connectivity index (χ1n) is 5.94. The zero-order valence-electron chi connectivity index (χ0n) is 10.0. The molecule has 3 rings (SSSR count). The lowest BCUT2D eigenvalue weighted by Gasteiger charge is -2.12. The smallest absolute Gasteiger partial charge is 0.148 e. The van der Waals surface area contributed by atoms with Gasteiger partial charge in [-0.1, -0.05) is 41.4 Å². The molecule has 1 aliphatic rings. The fraction of sp³-hybridized carbons (Fsp3) is 0.200. The van der Waals surface area contributed by atoms with Crippen LogP contribution < -0.4 is 5.32 Å². The maximum Gasteiger partial charge on any atom is 0.148 e. The molecule has 0 amide bonds. The summed E-state index contributed by atoms with van der Waals surface area (Å²) in [5.41, 5.74) is 3.94. The van der Waals surface area contributed by atoms with E-state index in [0.29, 0.717) is 10.7 Å². The largest absolute Gasteiger partial charge is 0.375 e. The van der Waals surface area contributed by atoms with E-state index in [-0.39, 0.29) is 11.9 Å². The highest BCUT2D eigenvalue weighted by Gasteiger charge is 2.25. The van der Waals surface area contributed by atoms with E-state index in [0.717, 1.165) is 12.0 Å². The van der Waals surface area contributed by atoms with Gasteiger partial charge in [0.1, 0.15) is 5.82 Å². The Kier molecular flexibility index (Phi) is 2.75. The summed E-state index contributed by atoms with van der Waals surface area (Å²) in [4.78, 5) is 0. The van der Waals surface area contributed by atoms with E-state index < -0.39 is 0 Å². The Labute approximate surface area is 111 Å². The van der Waals surface area contributed by atoms with Crippen LogP contribution in [0.2, 0.25) is 5.02 Å². The molecular weight excluding hydrogens is 249 g/mol. The Morgan fingerprint density at radius 3 is 2.67 bits per heavy atom. The zero-order chi connectivity index (χ0) is 12.7. The SMILES string of the molecule is Cc1ccc(C2Cc3cc(Cl)cc(F)c3N2)cc1. The van der Waals surface area contributed by atoms with Gasteiger partial charge in [-0.15, -0.1) is 0 Å². The van der Waals surface area contributed by atoms with E-state index in [4.69, 9.17) is 11.6 Å². The third-order valence-corrected chi connectivity index (χ3v) is 3.58. The number of hydrogen-bond acceptors (Lipinski definition) is 1. The van der Waals surface area contributed by atoms with Gasteiger partial charge in [-0.25, -0.2) is 4.39 Å². The molecule has 0 bridgehead atoms. The first-order chi connectivity index (χ1) is 8.63. The molecule has 2 aromatic rings. The highest BCUT2D eigenvalue weighted by atomic mass is 35.5. The second kappa shape index (κ2) is 4.29. The minimum atomic E-state index is -0.271. The monoisotopic (exact) mass is 261 g/mol. The molecule has 1 aliphatic heterocycles. The first-order valence-corrected chi connectivity index (χ1v) is 6.32. The highest BCUT2D eigenvalue weighted by Crippen LogP contribution is 2.37. The number of fused-ring (bicyclic) bond motifs is 1. The first kappa shape index (κ1) is 11.5. The number of halogens is 2. The standard InChI is InChI=1S/C15H13ClFN/c1-9-2-4-10(5-3-9)14-7-11-6-12(16)8-13(17)15(11)18-14/h2-6,8,14,18H,7H2,1H3. The maximum absolute atomic E-state index is 13.8. The van der Waals surface area contributed by atoms with E-state index in [1.54, 1.807) is 0 Å². The predicted octanol–water partition coefficient (Wildman–Crippen LogP) is 4.50. The molecule has 0 aromatic heterocycles. The van der Waals surface area contributed by atoms with Gasteiger partial charge in [0.2, 0.25) is 0 Å². The number of aryl methyl sites for hydroxylation is 1. The van der Waals surface area contributed by atoms with Gasteiger partial charge in [0.15, 0.2) is 0 Å². The summed E-state index contributed by atoms with van der Waals surface area (Å²) >= 11 is 5.88. The van der Waals surface area contributed by atoms with Crippen molar-refractivity contribution in [2.24, 2.45) is 0 Å². The molecule has 1 nitrogen and oxygen atoms in total. The van der Waals surface area contributed by atoms with Crippen LogP contribution in [-0.2, 0) is 6.42 Å². The molecule has 1 unspecified atom stereocenters. The summed E-state index contributed by atoms with van der Waals surface area (Å²) in [6, 6.07) is 11.6. The van der Waals surface area contributed by atoms with Crippen LogP contribution in [0.5, 0.6) is 0 Å². The summed E-state index contributed by atoms with van der Waals surface area (Å²) < 4.78 is 13.8. The van der Waals surface area contributed by atoms with Crippen molar-refractivity contribution in [2.75, 3.05) is 5.32 Å². The fourth-order valence-electron chi connectivity index (χ4n) is 2.39. The van der Waals surface area contributed by atoms with Crippen LogP contribution in [0.1, 0.15) is 22.7 Å². The van der Waals surface area contributed by atoms with Gasteiger partial charge in [-0.2, -0.15) is 0 Å². The van der Waals surface area contributed by atoms with E-state index in [1.165, 1.54) is 17.2 Å². The van der Waals surface area contributed by atoms with Crippen molar-refractivity contribution in [3.8, 4) is 0 Å². The lowest BCUT2D eigenvalue weighted by Crippen LogP contribution is -2.05. The molecule has 92 valence electrons. The molecule has 0 aliphatic carbocycles. The van der Waals surface area contributed by atoms with Crippen molar-refractivity contribution in [3.05, 3.63) is 63.9 Å². The third kappa shape index (κ3) is 1.97. The van der Waals surface area contributed by atoms with Gasteiger partial charge in [-0.3, -0.25) is 0 Å². The van der Waals surface area contributed by atoms with Crippen molar-refractivity contribution >= 4 is 17.3 Å². The molecule has 0 spiro atoms. The van der Waals surface area contributed by atoms with Gasteiger partial charge in [0, 0.05) is 5.02 Å². The summed E-state index contributed by atoms with van der Waals surface area (Å²) in [5.74, 6) is -0.271. The van der Waals surface area contributed by atoms with E-state index >= 15 is 0 Å². The molecule has 1 atom stereocenters. The van der Waals surface area contributed by atoms with Crippen molar-refractivity contribution in [1.82, 2.24) is 0 Å². The van der Waals surface area contributed by atoms with Crippen LogP contribution in [-0.4, -0.2) is 0 Å². The lowest BCUT2D eigenvalue weighted by molar-refractivity contribution is 0.631. The van der Waals surface area contributed by atoms with Crippen LogP contribution in [0.15, 0.2) is 36.4 Å². The maximum atomic E-state index is 13.8. The molecule has 0 saturated carbocycles. The van der Waals surface area contributed by atoms with Crippen molar-refractivity contribution in [3.63, 3.8) is 0 Å². The Hall–Kier alpha value is -1.54. The molecule has 0 radical (unpaired) electrons. The van der Waals surface area contributed by atoms with Gasteiger partial charge >= 0.3 is 0 Å². The van der Waals surface area contributed by atoms with Gasteiger partial charge < -0.3 is 5.32 Å². The minimum absolute atomic E-state index is 0.133. The molecule has 0 saturated heterocycles. The summed E-state index contributed by atoms with van der Waals surface area (Å²) in [6.45, 7) is 2.06. The minimum Gasteiger partial charge on any atom is -0.375 e. The lowest BCUT2D eigenvalue weighted by atomic mass is 10.0. The summed E-state index contributed by atoms with van der Waals surface area (Å²) in [5, 5.41) is 3.69. The number of hydrogen-bond donors (Lipinski definition) is 1. The topological polar surface area (TPSA) is 12.0 Å². The molecule has 2 aromatic carbocycles. The van der Waals surface area contributed by atoms with Gasteiger partial charge in [-0.05, 0) is 36.6 Å². The second-order valence-electron chi connectivity index (χ2n) is 4.73. The van der Waals surface area contributed by atoms with Crippen molar-refractivity contribution < 1.29 is 4.39 Å². The Balaban J connectivity index is 1.93. The zero-order valence-corrected chi connectivity index (χ0v) is 10.8. The molecule has 1 N–H and O–H groups in total. The predicted molar refractivity (Wildman–Crippen MR) is 72.7 cm³/mol. The van der Waals surface area contributed by atoms with Crippen molar-refractivity contribution in [2.45, 2.75) is 19.4 Å². The van der Waals surface area contributed by atoms with E-state index in [9.17, 15) is 4.39 Å². The number of anilines is 1.